The summed E-state index contributed by atoms with van der Waals surface area (Å²) >= 11 is 0. The molecular formula is C26H29N3O4. The van der Waals surface area contributed by atoms with E-state index < -0.39 is 6.10 Å². The largest absolute Gasteiger partial charge is 0.472 e. The summed E-state index contributed by atoms with van der Waals surface area (Å²) in [6.07, 6.45) is 2.57. The van der Waals surface area contributed by atoms with Crippen molar-refractivity contribution in [3.05, 3.63) is 70.4 Å². The number of amides is 1. The van der Waals surface area contributed by atoms with E-state index in [0.29, 0.717) is 37.4 Å². The highest BCUT2D eigenvalue weighted by atomic mass is 16.5. The molecule has 1 N–H and O–H groups in total. The molecule has 0 unspecified atom stereocenters. The standard InChI is InChI=1S/C26H29N3O4/c1-16-17(2)25-21(26(31)29(15-33-25)23-14-32-11-9-24(23)30)13-20(16)12-18-4-6-19(7-5-18)22-8-10-28(3)27-22/h4-8,10,13,23-24,30H,9,11-12,14-15H2,1-3H3/t23-,24-/m0/s1. The maximum absolute atomic E-state index is 13.4. The average Bonchev–Trinajstić information content (AvgIpc) is 3.25. The summed E-state index contributed by atoms with van der Waals surface area (Å²) in [6, 6.07) is 11.9. The summed E-state index contributed by atoms with van der Waals surface area (Å²) in [5.41, 5.74) is 6.95. The van der Waals surface area contributed by atoms with Gasteiger partial charge in [-0.1, -0.05) is 24.3 Å². The van der Waals surface area contributed by atoms with Crippen LogP contribution in [-0.4, -0.2) is 57.8 Å². The van der Waals surface area contributed by atoms with Crippen molar-refractivity contribution in [2.45, 2.75) is 38.8 Å². The van der Waals surface area contributed by atoms with Crippen molar-refractivity contribution >= 4 is 5.91 Å². The molecule has 0 aliphatic carbocycles. The van der Waals surface area contributed by atoms with Crippen LogP contribution in [0.3, 0.4) is 0 Å². The van der Waals surface area contributed by atoms with E-state index in [1.807, 2.05) is 32.3 Å². The first-order chi connectivity index (χ1) is 15.9. The Bertz CT molecular complexity index is 1180. The van der Waals surface area contributed by atoms with E-state index in [0.717, 1.165) is 33.5 Å². The average molecular weight is 448 g/mol. The van der Waals surface area contributed by atoms with Crippen LogP contribution >= 0.6 is 0 Å². The van der Waals surface area contributed by atoms with Gasteiger partial charge >= 0.3 is 0 Å². The van der Waals surface area contributed by atoms with E-state index in [2.05, 4.69) is 36.3 Å². The summed E-state index contributed by atoms with van der Waals surface area (Å²) in [6.45, 7) is 5.05. The quantitative estimate of drug-likeness (QED) is 0.665. The second-order valence-corrected chi connectivity index (χ2v) is 8.96. The number of carbonyl (C=O) groups excluding carboxylic acids is 1. The molecule has 1 aromatic heterocycles. The number of hydrogen-bond donors (Lipinski definition) is 1. The van der Waals surface area contributed by atoms with Gasteiger partial charge < -0.3 is 14.6 Å². The molecule has 5 rings (SSSR count). The number of carbonyl (C=O) groups is 1. The molecule has 2 aliphatic heterocycles. The first-order valence-electron chi connectivity index (χ1n) is 11.3. The molecule has 7 nitrogen and oxygen atoms in total. The molecule has 3 heterocycles. The van der Waals surface area contributed by atoms with Crippen LogP contribution in [0.2, 0.25) is 0 Å². The zero-order valence-corrected chi connectivity index (χ0v) is 19.2. The number of hydrogen-bond acceptors (Lipinski definition) is 5. The van der Waals surface area contributed by atoms with E-state index in [-0.39, 0.29) is 18.7 Å². The fourth-order valence-corrected chi connectivity index (χ4v) is 4.68. The Labute approximate surface area is 193 Å². The minimum Gasteiger partial charge on any atom is -0.472 e. The molecule has 0 spiro atoms. The van der Waals surface area contributed by atoms with Gasteiger partial charge in [0.05, 0.1) is 30.0 Å². The Kier molecular flexibility index (Phi) is 5.68. The van der Waals surface area contributed by atoms with Crippen LogP contribution in [0.1, 0.15) is 39.0 Å². The molecule has 0 saturated carbocycles. The topological polar surface area (TPSA) is 76.8 Å². The highest BCUT2D eigenvalue weighted by Crippen LogP contribution is 2.35. The van der Waals surface area contributed by atoms with Crippen LogP contribution in [0, 0.1) is 13.8 Å². The van der Waals surface area contributed by atoms with Crippen molar-refractivity contribution in [1.29, 1.82) is 0 Å². The van der Waals surface area contributed by atoms with Gasteiger partial charge in [0, 0.05) is 25.4 Å². The minimum absolute atomic E-state index is 0.111. The second-order valence-electron chi connectivity index (χ2n) is 8.96. The Hall–Kier alpha value is -3.16. The third-order valence-electron chi connectivity index (χ3n) is 6.84. The van der Waals surface area contributed by atoms with Crippen molar-refractivity contribution < 1.29 is 19.4 Å². The van der Waals surface area contributed by atoms with E-state index in [1.165, 1.54) is 0 Å². The van der Waals surface area contributed by atoms with Crippen LogP contribution in [0.15, 0.2) is 42.6 Å². The van der Waals surface area contributed by atoms with Crippen LogP contribution in [0.4, 0.5) is 0 Å². The van der Waals surface area contributed by atoms with E-state index in [1.54, 1.807) is 9.58 Å². The fourth-order valence-electron chi connectivity index (χ4n) is 4.68. The second kappa shape index (κ2) is 8.65. The van der Waals surface area contributed by atoms with Crippen molar-refractivity contribution in [3.63, 3.8) is 0 Å². The number of rotatable bonds is 4. The number of aryl methyl sites for hydroxylation is 1. The maximum atomic E-state index is 13.4. The third kappa shape index (κ3) is 4.03. The molecule has 7 heteroatoms. The highest BCUT2D eigenvalue weighted by Gasteiger charge is 2.37. The molecule has 2 atom stereocenters. The smallest absolute Gasteiger partial charge is 0.260 e. The molecule has 1 amide bonds. The van der Waals surface area contributed by atoms with Gasteiger partial charge in [-0.15, -0.1) is 0 Å². The summed E-state index contributed by atoms with van der Waals surface area (Å²) in [7, 11) is 1.91. The van der Waals surface area contributed by atoms with Gasteiger partial charge in [0.2, 0.25) is 0 Å². The van der Waals surface area contributed by atoms with Crippen LogP contribution in [-0.2, 0) is 18.2 Å². The third-order valence-corrected chi connectivity index (χ3v) is 6.84. The van der Waals surface area contributed by atoms with Gasteiger partial charge in [-0.25, -0.2) is 0 Å². The lowest BCUT2D eigenvalue weighted by atomic mass is 9.92. The molecule has 1 saturated heterocycles. The predicted octanol–water partition coefficient (Wildman–Crippen LogP) is 3.24. The highest BCUT2D eigenvalue weighted by molar-refractivity contribution is 5.99. The zero-order chi connectivity index (χ0) is 23.1. The number of aliphatic hydroxyl groups is 1. The van der Waals surface area contributed by atoms with Crippen LogP contribution in [0.5, 0.6) is 5.75 Å². The van der Waals surface area contributed by atoms with Crippen LogP contribution < -0.4 is 4.74 Å². The number of nitrogens with zero attached hydrogens (tertiary/aromatic N) is 3. The molecule has 2 aromatic carbocycles. The molecular weight excluding hydrogens is 418 g/mol. The summed E-state index contributed by atoms with van der Waals surface area (Å²) in [5, 5.41) is 14.9. The Morgan fingerprint density at radius 1 is 1.15 bits per heavy atom. The molecule has 0 bridgehead atoms. The Morgan fingerprint density at radius 2 is 1.94 bits per heavy atom. The molecule has 1 fully saturated rings. The lowest BCUT2D eigenvalue weighted by molar-refractivity contribution is -0.0697. The monoisotopic (exact) mass is 447 g/mol. The number of aromatic nitrogens is 2. The molecule has 3 aromatic rings. The minimum atomic E-state index is -0.600. The Balaban J connectivity index is 1.42. The van der Waals surface area contributed by atoms with E-state index in [4.69, 9.17) is 9.47 Å². The lowest BCUT2D eigenvalue weighted by Gasteiger charge is -2.40. The normalized spacial score (nSPS) is 20.5. The van der Waals surface area contributed by atoms with Gasteiger partial charge in [-0.05, 0) is 61.1 Å². The molecule has 33 heavy (non-hydrogen) atoms. The van der Waals surface area contributed by atoms with Crippen molar-refractivity contribution in [1.82, 2.24) is 14.7 Å². The first kappa shape index (κ1) is 21.7. The maximum Gasteiger partial charge on any atom is 0.260 e. The first-order valence-corrected chi connectivity index (χ1v) is 11.3. The van der Waals surface area contributed by atoms with Crippen LogP contribution in [0.25, 0.3) is 11.3 Å². The Morgan fingerprint density at radius 3 is 2.64 bits per heavy atom. The molecule has 172 valence electrons. The van der Waals surface area contributed by atoms with Gasteiger partial charge in [0.15, 0.2) is 6.73 Å². The van der Waals surface area contributed by atoms with E-state index in [9.17, 15) is 9.90 Å². The number of ether oxygens (including phenoxy) is 2. The number of aliphatic hydroxyl groups excluding tert-OH is 1. The molecule has 0 radical (unpaired) electrons. The van der Waals surface area contributed by atoms with Crippen molar-refractivity contribution in [2.75, 3.05) is 19.9 Å². The van der Waals surface area contributed by atoms with Gasteiger partial charge in [-0.3, -0.25) is 14.4 Å². The fraction of sp³-hybridized carbons (Fsp3) is 0.385. The van der Waals surface area contributed by atoms with Gasteiger partial charge in [0.25, 0.3) is 5.91 Å². The van der Waals surface area contributed by atoms with Gasteiger partial charge in [-0.2, -0.15) is 5.10 Å². The lowest BCUT2D eigenvalue weighted by Crippen LogP contribution is -2.55. The summed E-state index contributed by atoms with van der Waals surface area (Å²) in [4.78, 5) is 15.0. The predicted molar refractivity (Wildman–Crippen MR) is 124 cm³/mol. The molecule has 2 aliphatic rings. The zero-order valence-electron chi connectivity index (χ0n) is 19.2. The van der Waals surface area contributed by atoms with Crippen molar-refractivity contribution in [3.8, 4) is 17.0 Å². The SMILES string of the molecule is Cc1c(Cc2ccc(-c3ccn(C)n3)cc2)cc2c(c1C)OCN([C@H]1COCC[C@@H]1O)C2=O. The summed E-state index contributed by atoms with van der Waals surface area (Å²) in [5.74, 6) is 0.537. The van der Waals surface area contributed by atoms with Gasteiger partial charge in [0.1, 0.15) is 5.75 Å². The summed E-state index contributed by atoms with van der Waals surface area (Å²) < 4.78 is 13.3. The van der Waals surface area contributed by atoms with E-state index >= 15 is 0 Å². The number of benzene rings is 2. The van der Waals surface area contributed by atoms with Crippen molar-refractivity contribution in [2.24, 2.45) is 7.05 Å². The number of fused-ring (bicyclic) bond motifs is 1.